The lowest BCUT2D eigenvalue weighted by molar-refractivity contribution is 0.166. The first kappa shape index (κ1) is 14.3. The maximum absolute atomic E-state index is 4.29. The monoisotopic (exact) mass is 217 g/mol. The van der Waals surface area contributed by atoms with E-state index < -0.39 is 0 Å². The molecule has 0 saturated heterocycles. The molecule has 0 aliphatic heterocycles. The maximum atomic E-state index is 4.29. The molecule has 0 atom stereocenters. The van der Waals surface area contributed by atoms with Crippen LogP contribution in [0.25, 0.3) is 0 Å². The predicted octanol–water partition coefficient (Wildman–Crippen LogP) is 3.45. The summed E-state index contributed by atoms with van der Waals surface area (Å²) in [6.45, 7) is 11.6. The Balaban J connectivity index is 4.06. The Morgan fingerprint density at radius 2 is 1.71 bits per heavy atom. The van der Waals surface area contributed by atoms with Gasteiger partial charge in [0.15, 0.2) is 0 Å². The van der Waals surface area contributed by atoms with E-state index in [0.29, 0.717) is 0 Å². The van der Waals surface area contributed by atoms with E-state index in [1.165, 1.54) is 32.4 Å². The van der Waals surface area contributed by atoms with Crippen LogP contribution in [0.5, 0.6) is 0 Å². The van der Waals surface area contributed by atoms with Gasteiger partial charge in [0.25, 0.3) is 0 Å². The van der Waals surface area contributed by atoms with E-state index in [0.717, 1.165) is 17.7 Å². The lowest BCUT2D eigenvalue weighted by Gasteiger charge is -2.31. The molecule has 14 heavy (non-hydrogen) atoms. The highest BCUT2D eigenvalue weighted by atomic mass is 32.1. The van der Waals surface area contributed by atoms with E-state index in [4.69, 9.17) is 0 Å². The summed E-state index contributed by atoms with van der Waals surface area (Å²) >= 11 is 4.29. The predicted molar refractivity (Wildman–Crippen MR) is 69.3 cm³/mol. The SMILES string of the molecule is CCC(CC)N(CCCS)CC(C)C. The summed E-state index contributed by atoms with van der Waals surface area (Å²) in [5.74, 6) is 1.78. The van der Waals surface area contributed by atoms with Crippen molar-refractivity contribution in [2.45, 2.75) is 53.0 Å². The van der Waals surface area contributed by atoms with Gasteiger partial charge in [0.05, 0.1) is 0 Å². The highest BCUT2D eigenvalue weighted by Crippen LogP contribution is 2.12. The molecule has 0 heterocycles. The van der Waals surface area contributed by atoms with Crippen molar-refractivity contribution in [3.8, 4) is 0 Å². The van der Waals surface area contributed by atoms with Gasteiger partial charge in [-0.05, 0) is 37.5 Å². The Morgan fingerprint density at radius 1 is 1.14 bits per heavy atom. The minimum Gasteiger partial charge on any atom is -0.300 e. The molecular formula is C12H27NS. The van der Waals surface area contributed by atoms with E-state index in [9.17, 15) is 0 Å². The molecule has 1 nitrogen and oxygen atoms in total. The standard InChI is InChI=1S/C12H27NS/c1-5-12(6-2)13(8-7-9-14)10-11(3)4/h11-12,14H,5-10H2,1-4H3. The van der Waals surface area contributed by atoms with E-state index in [-0.39, 0.29) is 0 Å². The average molecular weight is 217 g/mol. The molecule has 0 aliphatic carbocycles. The molecule has 2 heteroatoms. The van der Waals surface area contributed by atoms with Gasteiger partial charge < -0.3 is 4.90 Å². The molecule has 0 unspecified atom stereocenters. The van der Waals surface area contributed by atoms with Gasteiger partial charge in [-0.25, -0.2) is 0 Å². The van der Waals surface area contributed by atoms with Crippen molar-refractivity contribution >= 4 is 12.6 Å². The number of rotatable bonds is 8. The lowest BCUT2D eigenvalue weighted by atomic mass is 10.1. The highest BCUT2D eigenvalue weighted by Gasteiger charge is 2.15. The zero-order valence-electron chi connectivity index (χ0n) is 10.3. The van der Waals surface area contributed by atoms with Crippen LogP contribution in [0.4, 0.5) is 0 Å². The third-order valence-corrected chi connectivity index (χ3v) is 2.98. The molecule has 0 aromatic rings. The third-order valence-electron chi connectivity index (χ3n) is 2.66. The van der Waals surface area contributed by atoms with Crippen LogP contribution in [0.1, 0.15) is 47.0 Å². The topological polar surface area (TPSA) is 3.24 Å². The first-order valence-corrected chi connectivity index (χ1v) is 6.63. The Bertz CT molecular complexity index is 121. The normalized spacial score (nSPS) is 12.0. The van der Waals surface area contributed by atoms with Crippen LogP contribution >= 0.6 is 12.6 Å². The lowest BCUT2D eigenvalue weighted by Crippen LogP contribution is -2.38. The van der Waals surface area contributed by atoms with Crippen molar-refractivity contribution in [3.63, 3.8) is 0 Å². The molecule has 86 valence electrons. The Labute approximate surface area is 95.7 Å². The molecule has 0 amide bonds. The summed E-state index contributed by atoms with van der Waals surface area (Å²) in [6.07, 6.45) is 3.76. The van der Waals surface area contributed by atoms with Crippen molar-refractivity contribution in [1.29, 1.82) is 0 Å². The largest absolute Gasteiger partial charge is 0.300 e. The van der Waals surface area contributed by atoms with Crippen molar-refractivity contribution in [3.05, 3.63) is 0 Å². The minimum absolute atomic E-state index is 0.774. The quantitative estimate of drug-likeness (QED) is 0.610. The number of nitrogens with zero attached hydrogens (tertiary/aromatic N) is 1. The van der Waals surface area contributed by atoms with Crippen LogP contribution in [-0.4, -0.2) is 29.8 Å². The van der Waals surface area contributed by atoms with Crippen LogP contribution in [0, 0.1) is 5.92 Å². The van der Waals surface area contributed by atoms with E-state index >= 15 is 0 Å². The first-order valence-electron chi connectivity index (χ1n) is 6.00. The fourth-order valence-electron chi connectivity index (χ4n) is 1.97. The Hall–Kier alpha value is 0.310. The molecular weight excluding hydrogens is 190 g/mol. The zero-order chi connectivity index (χ0) is 11.0. The second-order valence-corrected chi connectivity index (χ2v) is 4.88. The van der Waals surface area contributed by atoms with Gasteiger partial charge in [-0.15, -0.1) is 0 Å². The van der Waals surface area contributed by atoms with Crippen molar-refractivity contribution in [1.82, 2.24) is 4.90 Å². The van der Waals surface area contributed by atoms with E-state index in [1.807, 2.05) is 0 Å². The molecule has 0 saturated carbocycles. The number of hydrogen-bond donors (Lipinski definition) is 1. The second-order valence-electron chi connectivity index (χ2n) is 4.44. The van der Waals surface area contributed by atoms with Crippen molar-refractivity contribution < 1.29 is 0 Å². The maximum Gasteiger partial charge on any atom is 0.00901 e. The van der Waals surface area contributed by atoms with E-state index in [2.05, 4.69) is 45.2 Å². The van der Waals surface area contributed by atoms with Crippen LogP contribution in [0.15, 0.2) is 0 Å². The summed E-state index contributed by atoms with van der Waals surface area (Å²) in [4.78, 5) is 2.64. The summed E-state index contributed by atoms with van der Waals surface area (Å²) in [7, 11) is 0. The second kappa shape index (κ2) is 8.60. The van der Waals surface area contributed by atoms with Crippen LogP contribution < -0.4 is 0 Å². The van der Waals surface area contributed by atoms with Gasteiger partial charge in [-0.1, -0.05) is 27.7 Å². The smallest absolute Gasteiger partial charge is 0.00901 e. The third kappa shape index (κ3) is 5.92. The van der Waals surface area contributed by atoms with E-state index in [1.54, 1.807) is 0 Å². The molecule has 0 aliphatic rings. The average Bonchev–Trinajstić information content (AvgIpc) is 2.15. The minimum atomic E-state index is 0.774. The molecule has 0 radical (unpaired) electrons. The molecule has 0 aromatic heterocycles. The molecule has 0 N–H and O–H groups in total. The van der Waals surface area contributed by atoms with Gasteiger partial charge in [-0.2, -0.15) is 12.6 Å². The molecule has 0 rings (SSSR count). The highest BCUT2D eigenvalue weighted by molar-refractivity contribution is 7.80. The first-order chi connectivity index (χ1) is 6.65. The van der Waals surface area contributed by atoms with Crippen LogP contribution in [-0.2, 0) is 0 Å². The molecule has 0 aromatic carbocycles. The summed E-state index contributed by atoms with van der Waals surface area (Å²) < 4.78 is 0. The van der Waals surface area contributed by atoms with Gasteiger partial charge in [0.1, 0.15) is 0 Å². The fraction of sp³-hybridized carbons (Fsp3) is 1.00. The number of thiol groups is 1. The Morgan fingerprint density at radius 3 is 2.07 bits per heavy atom. The zero-order valence-corrected chi connectivity index (χ0v) is 11.2. The Kier molecular flexibility index (Phi) is 8.80. The van der Waals surface area contributed by atoms with Gasteiger partial charge in [-0.3, -0.25) is 0 Å². The van der Waals surface area contributed by atoms with Gasteiger partial charge in [0.2, 0.25) is 0 Å². The van der Waals surface area contributed by atoms with Crippen LogP contribution in [0.2, 0.25) is 0 Å². The van der Waals surface area contributed by atoms with Gasteiger partial charge in [0, 0.05) is 12.6 Å². The molecule has 0 spiro atoms. The summed E-state index contributed by atoms with van der Waals surface area (Å²) in [5.41, 5.74) is 0. The molecule has 0 fully saturated rings. The summed E-state index contributed by atoms with van der Waals surface area (Å²) in [5, 5.41) is 0. The fourth-order valence-corrected chi connectivity index (χ4v) is 2.11. The number of hydrogen-bond acceptors (Lipinski definition) is 2. The molecule has 0 bridgehead atoms. The van der Waals surface area contributed by atoms with Crippen molar-refractivity contribution in [2.24, 2.45) is 5.92 Å². The van der Waals surface area contributed by atoms with Crippen molar-refractivity contribution in [2.75, 3.05) is 18.8 Å². The van der Waals surface area contributed by atoms with Gasteiger partial charge >= 0.3 is 0 Å². The summed E-state index contributed by atoms with van der Waals surface area (Å²) in [6, 6.07) is 0.775. The van der Waals surface area contributed by atoms with Crippen LogP contribution in [0.3, 0.4) is 0 Å².